The van der Waals surface area contributed by atoms with Crippen molar-refractivity contribution in [3.05, 3.63) is 24.3 Å². The molecular weight excluding hydrogens is 312 g/mol. The van der Waals surface area contributed by atoms with Crippen LogP contribution in [0.5, 0.6) is 5.75 Å². The molecule has 1 unspecified atom stereocenters. The molecule has 120 valence electrons. The van der Waals surface area contributed by atoms with Crippen molar-refractivity contribution in [2.45, 2.75) is 17.7 Å². The molecule has 7 heteroatoms. The third-order valence-corrected chi connectivity index (χ3v) is 5.55. The zero-order valence-electron chi connectivity index (χ0n) is 12.4. The van der Waals surface area contributed by atoms with Gasteiger partial charge in [-0.1, -0.05) is 0 Å². The Labute approximate surface area is 133 Å². The van der Waals surface area contributed by atoms with Crippen molar-refractivity contribution in [3.8, 4) is 5.75 Å². The quantitative estimate of drug-likeness (QED) is 0.891. The highest BCUT2D eigenvalue weighted by molar-refractivity contribution is 7.89. The molecule has 1 atom stereocenters. The number of benzene rings is 1. The van der Waals surface area contributed by atoms with Gasteiger partial charge in [-0.3, -0.25) is 0 Å². The summed E-state index contributed by atoms with van der Waals surface area (Å²) in [5.74, 6) is 1.05. The molecule has 1 N–H and O–H groups in total. The van der Waals surface area contributed by atoms with Crippen LogP contribution >= 0.6 is 12.4 Å². The van der Waals surface area contributed by atoms with Crippen molar-refractivity contribution in [1.82, 2.24) is 9.62 Å². The highest BCUT2D eigenvalue weighted by Crippen LogP contribution is 2.24. The van der Waals surface area contributed by atoms with Crippen molar-refractivity contribution >= 4 is 22.4 Å². The number of methoxy groups -OCH3 is 1. The molecule has 1 aliphatic heterocycles. The van der Waals surface area contributed by atoms with Crippen molar-refractivity contribution in [3.63, 3.8) is 0 Å². The molecule has 1 heterocycles. The second-order valence-corrected chi connectivity index (χ2v) is 7.04. The molecule has 21 heavy (non-hydrogen) atoms. The first-order valence-electron chi connectivity index (χ1n) is 6.86. The average molecular weight is 335 g/mol. The molecule has 0 aromatic heterocycles. The van der Waals surface area contributed by atoms with E-state index in [0.717, 1.165) is 19.4 Å². The molecule has 0 amide bonds. The summed E-state index contributed by atoms with van der Waals surface area (Å²) in [6.45, 7) is 2.05. The van der Waals surface area contributed by atoms with Crippen LogP contribution in [0.1, 0.15) is 12.8 Å². The predicted molar refractivity (Wildman–Crippen MR) is 85.7 cm³/mol. The average Bonchev–Trinajstić information content (AvgIpc) is 2.48. The van der Waals surface area contributed by atoms with Gasteiger partial charge in [0.2, 0.25) is 10.0 Å². The molecule has 1 aliphatic rings. The SMILES string of the molecule is CNCC1CCCN(S(=O)(=O)c2ccc(OC)cc2)C1.Cl. The molecule has 0 radical (unpaired) electrons. The molecule has 1 fully saturated rings. The fourth-order valence-corrected chi connectivity index (χ4v) is 4.15. The lowest BCUT2D eigenvalue weighted by Gasteiger charge is -2.31. The van der Waals surface area contributed by atoms with E-state index < -0.39 is 10.0 Å². The van der Waals surface area contributed by atoms with E-state index in [4.69, 9.17) is 4.74 Å². The highest BCUT2D eigenvalue weighted by Gasteiger charge is 2.29. The Bertz CT molecular complexity index is 532. The maximum Gasteiger partial charge on any atom is 0.243 e. The van der Waals surface area contributed by atoms with Gasteiger partial charge in [0.1, 0.15) is 5.75 Å². The van der Waals surface area contributed by atoms with Crippen molar-refractivity contribution in [1.29, 1.82) is 0 Å². The highest BCUT2D eigenvalue weighted by atomic mass is 35.5. The number of halogens is 1. The molecule has 0 spiro atoms. The van der Waals surface area contributed by atoms with Crippen LogP contribution in [0, 0.1) is 5.92 Å². The summed E-state index contributed by atoms with van der Waals surface area (Å²) in [7, 11) is 0.0774. The lowest BCUT2D eigenvalue weighted by molar-refractivity contribution is 0.263. The van der Waals surface area contributed by atoms with Crippen molar-refractivity contribution in [2.24, 2.45) is 5.92 Å². The van der Waals surface area contributed by atoms with E-state index in [0.29, 0.717) is 29.7 Å². The number of ether oxygens (including phenoxy) is 1. The zero-order valence-corrected chi connectivity index (χ0v) is 14.0. The Balaban J connectivity index is 0.00000220. The number of hydrogen-bond donors (Lipinski definition) is 1. The molecular formula is C14H23ClN2O3S. The number of nitrogens with zero attached hydrogens (tertiary/aromatic N) is 1. The van der Waals surface area contributed by atoms with Gasteiger partial charge in [0, 0.05) is 13.1 Å². The van der Waals surface area contributed by atoms with Gasteiger partial charge in [0.25, 0.3) is 0 Å². The monoisotopic (exact) mass is 334 g/mol. The predicted octanol–water partition coefficient (Wildman–Crippen LogP) is 1.74. The third-order valence-electron chi connectivity index (χ3n) is 3.67. The fraction of sp³-hybridized carbons (Fsp3) is 0.571. The Morgan fingerprint density at radius 1 is 1.33 bits per heavy atom. The molecule has 0 saturated carbocycles. The first-order chi connectivity index (χ1) is 9.57. The van der Waals surface area contributed by atoms with Gasteiger partial charge in [-0.2, -0.15) is 4.31 Å². The summed E-state index contributed by atoms with van der Waals surface area (Å²) in [6.07, 6.45) is 2.00. The summed E-state index contributed by atoms with van der Waals surface area (Å²) in [5, 5.41) is 3.13. The smallest absolute Gasteiger partial charge is 0.243 e. The van der Waals surface area contributed by atoms with Crippen LogP contribution in [-0.4, -0.2) is 46.5 Å². The van der Waals surface area contributed by atoms with E-state index in [1.165, 1.54) is 0 Å². The Morgan fingerprint density at radius 3 is 2.57 bits per heavy atom. The van der Waals surface area contributed by atoms with Crippen LogP contribution in [0.3, 0.4) is 0 Å². The van der Waals surface area contributed by atoms with Crippen LogP contribution in [0.15, 0.2) is 29.2 Å². The minimum absolute atomic E-state index is 0. The second kappa shape index (κ2) is 7.98. The first kappa shape index (κ1) is 18.2. The van der Waals surface area contributed by atoms with Crippen LogP contribution in [0.25, 0.3) is 0 Å². The number of piperidine rings is 1. The number of nitrogens with one attached hydrogen (secondary N) is 1. The Kier molecular flexibility index (Phi) is 6.93. The summed E-state index contributed by atoms with van der Waals surface area (Å²) >= 11 is 0. The number of hydrogen-bond acceptors (Lipinski definition) is 4. The first-order valence-corrected chi connectivity index (χ1v) is 8.30. The molecule has 2 rings (SSSR count). The van der Waals surface area contributed by atoms with Crippen molar-refractivity contribution in [2.75, 3.05) is 33.8 Å². The maximum atomic E-state index is 12.6. The van der Waals surface area contributed by atoms with Gasteiger partial charge in [0.05, 0.1) is 12.0 Å². The van der Waals surface area contributed by atoms with E-state index in [1.807, 2.05) is 7.05 Å². The van der Waals surface area contributed by atoms with E-state index in [2.05, 4.69) is 5.32 Å². The number of sulfonamides is 1. The largest absolute Gasteiger partial charge is 0.497 e. The topological polar surface area (TPSA) is 58.6 Å². The normalized spacial score (nSPS) is 19.8. The molecule has 1 aromatic carbocycles. The number of rotatable bonds is 5. The van der Waals surface area contributed by atoms with Gasteiger partial charge in [-0.15, -0.1) is 12.4 Å². The van der Waals surface area contributed by atoms with Crippen LogP contribution in [-0.2, 0) is 10.0 Å². The van der Waals surface area contributed by atoms with Gasteiger partial charge in [-0.25, -0.2) is 8.42 Å². The summed E-state index contributed by atoms with van der Waals surface area (Å²) in [6, 6.07) is 6.58. The standard InChI is InChI=1S/C14H22N2O3S.ClH/c1-15-10-12-4-3-9-16(11-12)20(17,18)14-7-5-13(19-2)6-8-14;/h5-8,12,15H,3-4,9-11H2,1-2H3;1H. The van der Waals surface area contributed by atoms with E-state index in [-0.39, 0.29) is 12.4 Å². The van der Waals surface area contributed by atoms with Gasteiger partial charge < -0.3 is 10.1 Å². The fourth-order valence-electron chi connectivity index (χ4n) is 2.60. The molecule has 1 saturated heterocycles. The molecule has 1 aromatic rings. The molecule has 0 bridgehead atoms. The van der Waals surface area contributed by atoms with E-state index >= 15 is 0 Å². The van der Waals surface area contributed by atoms with E-state index in [9.17, 15) is 8.42 Å². The lowest BCUT2D eigenvalue weighted by atomic mass is 10.00. The minimum Gasteiger partial charge on any atom is -0.497 e. The molecule has 0 aliphatic carbocycles. The van der Waals surface area contributed by atoms with Gasteiger partial charge >= 0.3 is 0 Å². The minimum atomic E-state index is -3.39. The zero-order chi connectivity index (χ0) is 14.6. The Morgan fingerprint density at radius 2 is 2.00 bits per heavy atom. The van der Waals surface area contributed by atoms with Crippen molar-refractivity contribution < 1.29 is 13.2 Å². The van der Waals surface area contributed by atoms with Gasteiger partial charge in [-0.05, 0) is 56.6 Å². The van der Waals surface area contributed by atoms with Crippen LogP contribution < -0.4 is 10.1 Å². The van der Waals surface area contributed by atoms with E-state index in [1.54, 1.807) is 35.7 Å². The lowest BCUT2D eigenvalue weighted by Crippen LogP contribution is -2.42. The van der Waals surface area contributed by atoms with Crippen LogP contribution in [0.2, 0.25) is 0 Å². The Hall–Kier alpha value is -0.820. The third kappa shape index (κ3) is 4.32. The van der Waals surface area contributed by atoms with Gasteiger partial charge in [0.15, 0.2) is 0 Å². The molecule has 5 nitrogen and oxygen atoms in total. The summed E-state index contributed by atoms with van der Waals surface area (Å²) in [4.78, 5) is 0.336. The van der Waals surface area contributed by atoms with Crippen LogP contribution in [0.4, 0.5) is 0 Å². The summed E-state index contributed by atoms with van der Waals surface area (Å²) in [5.41, 5.74) is 0. The second-order valence-electron chi connectivity index (χ2n) is 5.10. The summed E-state index contributed by atoms with van der Waals surface area (Å²) < 4.78 is 31.9. The maximum absolute atomic E-state index is 12.6.